The Labute approximate surface area is 116 Å². The van der Waals surface area contributed by atoms with Crippen LogP contribution in [-0.4, -0.2) is 4.98 Å². The smallest absolute Gasteiger partial charge is 0.0705 e. The van der Waals surface area contributed by atoms with E-state index in [1.165, 1.54) is 10.4 Å². The molecule has 0 saturated carbocycles. The van der Waals surface area contributed by atoms with Gasteiger partial charge in [-0.3, -0.25) is 16.3 Å². The van der Waals surface area contributed by atoms with Crippen LogP contribution in [-0.2, 0) is 6.42 Å². The van der Waals surface area contributed by atoms with Gasteiger partial charge in [-0.2, -0.15) is 0 Å². The minimum absolute atomic E-state index is 0.103. The van der Waals surface area contributed by atoms with Gasteiger partial charge < -0.3 is 0 Å². The second-order valence-electron chi connectivity index (χ2n) is 4.42. The lowest BCUT2D eigenvalue weighted by Gasteiger charge is -2.17. The maximum atomic E-state index is 5.75. The van der Waals surface area contributed by atoms with E-state index in [0.29, 0.717) is 0 Å². The molecule has 0 spiro atoms. The third-order valence-corrected chi connectivity index (χ3v) is 4.14. The molecule has 3 N–H and O–H groups in total. The van der Waals surface area contributed by atoms with Gasteiger partial charge in [-0.1, -0.05) is 24.3 Å². The topological polar surface area (TPSA) is 50.9 Å². The molecule has 0 aliphatic rings. The van der Waals surface area contributed by atoms with E-state index in [0.717, 1.165) is 17.3 Å². The summed E-state index contributed by atoms with van der Waals surface area (Å²) in [5.74, 6) is 5.75. The highest BCUT2D eigenvalue weighted by Gasteiger charge is 2.14. The van der Waals surface area contributed by atoms with Crippen LogP contribution < -0.4 is 11.3 Å². The van der Waals surface area contributed by atoms with E-state index in [-0.39, 0.29) is 6.04 Å². The first kappa shape index (κ1) is 12.3. The number of nitrogens with two attached hydrogens (primary N) is 1. The lowest BCUT2D eigenvalue weighted by molar-refractivity contribution is 0.559. The zero-order chi connectivity index (χ0) is 13.1. The van der Waals surface area contributed by atoms with Crippen LogP contribution in [0, 0.1) is 0 Å². The van der Waals surface area contributed by atoms with Crippen LogP contribution in [0.3, 0.4) is 0 Å². The summed E-state index contributed by atoms with van der Waals surface area (Å²) in [5.41, 5.74) is 5.13. The van der Waals surface area contributed by atoms with Gasteiger partial charge >= 0.3 is 0 Å². The summed E-state index contributed by atoms with van der Waals surface area (Å²) in [6.45, 7) is 0. The lowest BCUT2D eigenvalue weighted by atomic mass is 9.99. The summed E-state index contributed by atoms with van der Waals surface area (Å²) in [6.07, 6.45) is 2.71. The standard InChI is InChI=1S/C15H15N3S/c16-18-15(10-11-4-3-9-19-11)13-5-1-7-14-12(13)6-2-8-17-14/h1-9,15,18H,10,16H2. The second kappa shape index (κ2) is 5.48. The zero-order valence-electron chi connectivity index (χ0n) is 10.4. The van der Waals surface area contributed by atoms with Gasteiger partial charge in [-0.15, -0.1) is 11.3 Å². The number of benzene rings is 1. The highest BCUT2D eigenvalue weighted by atomic mass is 32.1. The summed E-state index contributed by atoms with van der Waals surface area (Å²) in [4.78, 5) is 5.71. The van der Waals surface area contributed by atoms with Crippen LogP contribution in [0.1, 0.15) is 16.5 Å². The molecule has 0 amide bonds. The van der Waals surface area contributed by atoms with Crippen molar-refractivity contribution in [1.82, 2.24) is 10.4 Å². The number of thiophene rings is 1. The first-order valence-corrected chi connectivity index (χ1v) is 7.08. The monoisotopic (exact) mass is 269 g/mol. The van der Waals surface area contributed by atoms with Gasteiger partial charge in [0.05, 0.1) is 11.6 Å². The molecule has 3 aromatic rings. The highest BCUT2D eigenvalue weighted by Crippen LogP contribution is 2.26. The molecule has 0 radical (unpaired) electrons. The third kappa shape index (κ3) is 2.51. The summed E-state index contributed by atoms with van der Waals surface area (Å²) in [6, 6.07) is 14.5. The Hall–Kier alpha value is -1.75. The highest BCUT2D eigenvalue weighted by molar-refractivity contribution is 7.09. The van der Waals surface area contributed by atoms with Gasteiger partial charge in [0.25, 0.3) is 0 Å². The van der Waals surface area contributed by atoms with Crippen LogP contribution in [0.2, 0.25) is 0 Å². The number of hydrogen-bond donors (Lipinski definition) is 2. The van der Waals surface area contributed by atoms with Crippen LogP contribution >= 0.6 is 11.3 Å². The number of nitrogens with one attached hydrogen (secondary N) is 1. The largest absolute Gasteiger partial charge is 0.271 e. The Balaban J connectivity index is 2.01. The normalized spacial score (nSPS) is 12.7. The number of hydrogen-bond acceptors (Lipinski definition) is 4. The van der Waals surface area contributed by atoms with Gasteiger partial charge in [-0.25, -0.2) is 0 Å². The predicted molar refractivity (Wildman–Crippen MR) is 79.8 cm³/mol. The van der Waals surface area contributed by atoms with E-state index in [1.807, 2.05) is 24.4 Å². The first-order chi connectivity index (χ1) is 9.38. The van der Waals surface area contributed by atoms with Crippen molar-refractivity contribution in [2.45, 2.75) is 12.5 Å². The van der Waals surface area contributed by atoms with E-state index in [4.69, 9.17) is 5.84 Å². The van der Waals surface area contributed by atoms with Crippen LogP contribution in [0.15, 0.2) is 54.0 Å². The molecule has 1 atom stereocenters. The molecule has 0 fully saturated rings. The molecule has 1 aromatic carbocycles. The van der Waals surface area contributed by atoms with Crippen LogP contribution in [0.4, 0.5) is 0 Å². The summed E-state index contributed by atoms with van der Waals surface area (Å²) in [7, 11) is 0. The maximum absolute atomic E-state index is 5.75. The molecule has 0 aliphatic carbocycles. The molecular formula is C15H15N3S. The Morgan fingerprint density at radius 2 is 2.11 bits per heavy atom. The molecule has 1 unspecified atom stereocenters. The second-order valence-corrected chi connectivity index (χ2v) is 5.45. The molecule has 3 nitrogen and oxygen atoms in total. The summed E-state index contributed by atoms with van der Waals surface area (Å²) >= 11 is 1.76. The van der Waals surface area contributed by atoms with E-state index >= 15 is 0 Å². The fourth-order valence-corrected chi connectivity index (χ4v) is 3.07. The third-order valence-electron chi connectivity index (χ3n) is 3.24. The lowest BCUT2D eigenvalue weighted by Crippen LogP contribution is -2.29. The molecule has 0 saturated heterocycles. The van der Waals surface area contributed by atoms with Crippen molar-refractivity contribution in [3.8, 4) is 0 Å². The van der Waals surface area contributed by atoms with Gasteiger partial charge in [0, 0.05) is 22.9 Å². The minimum atomic E-state index is 0.103. The molecule has 3 rings (SSSR count). The number of pyridine rings is 1. The molecule has 4 heteroatoms. The molecule has 96 valence electrons. The number of nitrogens with zero attached hydrogens (tertiary/aromatic N) is 1. The molecule has 19 heavy (non-hydrogen) atoms. The van der Waals surface area contributed by atoms with Crippen molar-refractivity contribution < 1.29 is 0 Å². The van der Waals surface area contributed by atoms with Crippen molar-refractivity contribution in [2.24, 2.45) is 5.84 Å². The predicted octanol–water partition coefficient (Wildman–Crippen LogP) is 3.04. The van der Waals surface area contributed by atoms with E-state index < -0.39 is 0 Å². The van der Waals surface area contributed by atoms with Gasteiger partial charge in [0.1, 0.15) is 0 Å². The zero-order valence-corrected chi connectivity index (χ0v) is 11.2. The Morgan fingerprint density at radius 3 is 2.89 bits per heavy atom. The quantitative estimate of drug-likeness (QED) is 0.565. The number of fused-ring (bicyclic) bond motifs is 1. The Bertz CT molecular complexity index is 659. The van der Waals surface area contributed by atoms with Crippen molar-refractivity contribution in [2.75, 3.05) is 0 Å². The Kier molecular flexibility index (Phi) is 3.55. The molecule has 2 aromatic heterocycles. The van der Waals surface area contributed by atoms with Gasteiger partial charge in [-0.05, 0) is 29.1 Å². The van der Waals surface area contributed by atoms with Crippen LogP contribution in [0.5, 0.6) is 0 Å². The summed E-state index contributed by atoms with van der Waals surface area (Å²) in [5, 5.41) is 3.25. The molecular weight excluding hydrogens is 254 g/mol. The maximum Gasteiger partial charge on any atom is 0.0705 e. The first-order valence-electron chi connectivity index (χ1n) is 6.20. The molecule has 0 aliphatic heterocycles. The van der Waals surface area contributed by atoms with Crippen molar-refractivity contribution >= 4 is 22.2 Å². The average Bonchev–Trinajstić information content (AvgIpc) is 2.97. The fraction of sp³-hybridized carbons (Fsp3) is 0.133. The van der Waals surface area contributed by atoms with E-state index in [2.05, 4.69) is 40.1 Å². The van der Waals surface area contributed by atoms with Gasteiger partial charge in [0.15, 0.2) is 0 Å². The average molecular weight is 269 g/mol. The summed E-state index contributed by atoms with van der Waals surface area (Å²) < 4.78 is 0. The van der Waals surface area contributed by atoms with Gasteiger partial charge in [0.2, 0.25) is 0 Å². The number of hydrazine groups is 1. The molecule has 0 bridgehead atoms. The Morgan fingerprint density at radius 1 is 1.16 bits per heavy atom. The van der Waals surface area contributed by atoms with Crippen molar-refractivity contribution in [3.63, 3.8) is 0 Å². The van der Waals surface area contributed by atoms with Crippen LogP contribution in [0.25, 0.3) is 10.9 Å². The van der Waals surface area contributed by atoms with Crippen molar-refractivity contribution in [1.29, 1.82) is 0 Å². The minimum Gasteiger partial charge on any atom is -0.271 e. The van der Waals surface area contributed by atoms with E-state index in [1.54, 1.807) is 11.3 Å². The van der Waals surface area contributed by atoms with E-state index in [9.17, 15) is 0 Å². The molecule has 2 heterocycles. The number of aromatic nitrogens is 1. The SMILES string of the molecule is NNC(Cc1cccs1)c1cccc2ncccc12. The number of rotatable bonds is 4. The fourth-order valence-electron chi connectivity index (χ4n) is 2.32. The van der Waals surface area contributed by atoms with Crippen molar-refractivity contribution in [3.05, 3.63) is 64.5 Å².